The molecule has 58 valence electrons. The summed E-state index contributed by atoms with van der Waals surface area (Å²) in [6, 6.07) is 0.857. The molecule has 2 heterocycles. The van der Waals surface area contributed by atoms with Crippen LogP contribution in [-0.2, 0) is 0 Å². The highest BCUT2D eigenvalue weighted by Gasteiger charge is 2.31. The molecule has 0 aliphatic carbocycles. The number of nitrogens with zero attached hydrogens (tertiary/aromatic N) is 1. The highest BCUT2D eigenvalue weighted by atomic mass is 127. The van der Waals surface area contributed by atoms with Crippen molar-refractivity contribution in [1.29, 1.82) is 0 Å². The molecule has 0 aromatic heterocycles. The van der Waals surface area contributed by atoms with Gasteiger partial charge in [0.2, 0.25) is 0 Å². The van der Waals surface area contributed by atoms with Crippen LogP contribution in [0.5, 0.6) is 0 Å². The second-order valence-electron chi connectivity index (χ2n) is 3.19. The molecular formula is C7H13IN2. The lowest BCUT2D eigenvalue weighted by Gasteiger charge is -2.29. The van der Waals surface area contributed by atoms with Crippen LogP contribution in [0.2, 0.25) is 0 Å². The van der Waals surface area contributed by atoms with Crippen molar-refractivity contribution >= 4 is 22.6 Å². The molecule has 10 heavy (non-hydrogen) atoms. The van der Waals surface area contributed by atoms with E-state index in [0.717, 1.165) is 9.97 Å². The Morgan fingerprint density at radius 2 is 2.40 bits per heavy atom. The number of nitrogens with one attached hydrogen (secondary N) is 1. The maximum Gasteiger partial charge on any atom is 0.0252 e. The van der Waals surface area contributed by atoms with E-state index in [1.165, 1.54) is 32.6 Å². The second-order valence-corrected chi connectivity index (χ2v) is 4.95. The Kier molecular flexibility index (Phi) is 2.15. The molecule has 0 spiro atoms. The summed E-state index contributed by atoms with van der Waals surface area (Å²) in [5, 5.41) is 3.43. The van der Waals surface area contributed by atoms with Crippen LogP contribution < -0.4 is 5.32 Å². The maximum atomic E-state index is 3.43. The monoisotopic (exact) mass is 252 g/mol. The first-order valence-electron chi connectivity index (χ1n) is 3.95. The van der Waals surface area contributed by atoms with E-state index in [1.807, 2.05) is 0 Å². The van der Waals surface area contributed by atoms with Gasteiger partial charge in [0.15, 0.2) is 0 Å². The van der Waals surface area contributed by atoms with Crippen molar-refractivity contribution in [3.8, 4) is 0 Å². The standard InChI is InChI=1S/C7H13IN2/c8-6-3-7-4-9-1-2-10(7)5-6/h6-7,9H,1-5H2/t6-,7?/m1/s1. The molecule has 0 aromatic rings. The van der Waals surface area contributed by atoms with Gasteiger partial charge in [-0.15, -0.1) is 0 Å². The zero-order valence-electron chi connectivity index (χ0n) is 6.02. The van der Waals surface area contributed by atoms with Crippen LogP contribution in [-0.4, -0.2) is 41.0 Å². The van der Waals surface area contributed by atoms with Gasteiger partial charge < -0.3 is 5.32 Å². The number of piperazine rings is 1. The summed E-state index contributed by atoms with van der Waals surface area (Å²) in [6.07, 6.45) is 1.40. The van der Waals surface area contributed by atoms with Crippen LogP contribution in [0, 0.1) is 0 Å². The number of halogens is 1. The van der Waals surface area contributed by atoms with Crippen molar-refractivity contribution in [3.05, 3.63) is 0 Å². The van der Waals surface area contributed by atoms with Crippen LogP contribution in [0.4, 0.5) is 0 Å². The van der Waals surface area contributed by atoms with Crippen molar-refractivity contribution in [2.24, 2.45) is 0 Å². The molecule has 0 aromatic carbocycles. The average Bonchev–Trinajstić information content (AvgIpc) is 2.27. The Morgan fingerprint density at radius 1 is 1.50 bits per heavy atom. The zero-order valence-corrected chi connectivity index (χ0v) is 8.17. The molecule has 1 N–H and O–H groups in total. The molecule has 0 saturated carbocycles. The van der Waals surface area contributed by atoms with Crippen molar-refractivity contribution in [3.63, 3.8) is 0 Å². The lowest BCUT2D eigenvalue weighted by Crippen LogP contribution is -2.47. The number of hydrogen-bond acceptors (Lipinski definition) is 2. The van der Waals surface area contributed by atoms with Crippen molar-refractivity contribution in [1.82, 2.24) is 10.2 Å². The smallest absolute Gasteiger partial charge is 0.0252 e. The van der Waals surface area contributed by atoms with Gasteiger partial charge in [-0.2, -0.15) is 0 Å². The van der Waals surface area contributed by atoms with Gasteiger partial charge in [-0.3, -0.25) is 4.90 Å². The SMILES string of the molecule is I[C@@H]1CC2CNCCN2C1. The molecule has 0 radical (unpaired) electrons. The van der Waals surface area contributed by atoms with E-state index in [-0.39, 0.29) is 0 Å². The molecule has 2 atom stereocenters. The molecular weight excluding hydrogens is 239 g/mol. The van der Waals surface area contributed by atoms with Crippen LogP contribution in [0.15, 0.2) is 0 Å². The molecule has 2 fully saturated rings. The van der Waals surface area contributed by atoms with E-state index in [1.54, 1.807) is 0 Å². The Morgan fingerprint density at radius 3 is 3.20 bits per heavy atom. The fourth-order valence-electron chi connectivity index (χ4n) is 1.90. The van der Waals surface area contributed by atoms with Gasteiger partial charge in [-0.05, 0) is 6.42 Å². The first kappa shape index (κ1) is 7.31. The topological polar surface area (TPSA) is 15.3 Å². The number of alkyl halides is 1. The largest absolute Gasteiger partial charge is 0.314 e. The summed E-state index contributed by atoms with van der Waals surface area (Å²) in [5.41, 5.74) is 0. The Hall–Kier alpha value is 0.650. The Labute approximate surface area is 75.5 Å². The zero-order chi connectivity index (χ0) is 6.97. The predicted molar refractivity (Wildman–Crippen MR) is 50.7 cm³/mol. The van der Waals surface area contributed by atoms with E-state index < -0.39 is 0 Å². The van der Waals surface area contributed by atoms with Crippen LogP contribution in [0.1, 0.15) is 6.42 Å². The molecule has 2 aliphatic heterocycles. The highest BCUT2D eigenvalue weighted by molar-refractivity contribution is 14.1. The lowest BCUT2D eigenvalue weighted by molar-refractivity contribution is 0.212. The molecule has 2 nitrogen and oxygen atoms in total. The third-order valence-corrected chi connectivity index (χ3v) is 3.34. The number of rotatable bonds is 0. The Bertz CT molecular complexity index is 115. The normalized spacial score (nSPS) is 41.7. The van der Waals surface area contributed by atoms with Gasteiger partial charge in [0, 0.05) is 36.1 Å². The quantitative estimate of drug-likeness (QED) is 0.498. The minimum absolute atomic E-state index is 0.857. The van der Waals surface area contributed by atoms with E-state index in [2.05, 4.69) is 32.8 Å². The second kappa shape index (κ2) is 2.95. The summed E-state index contributed by atoms with van der Waals surface area (Å²) in [6.45, 7) is 5.01. The van der Waals surface area contributed by atoms with Crippen molar-refractivity contribution < 1.29 is 0 Å². The molecule has 1 unspecified atom stereocenters. The number of fused-ring (bicyclic) bond motifs is 1. The minimum atomic E-state index is 0.857. The third kappa shape index (κ3) is 1.31. The van der Waals surface area contributed by atoms with E-state index in [4.69, 9.17) is 0 Å². The van der Waals surface area contributed by atoms with Gasteiger partial charge >= 0.3 is 0 Å². The third-order valence-electron chi connectivity index (χ3n) is 2.43. The van der Waals surface area contributed by atoms with E-state index in [0.29, 0.717) is 0 Å². The van der Waals surface area contributed by atoms with Crippen molar-refractivity contribution in [2.75, 3.05) is 26.2 Å². The number of hydrogen-bond donors (Lipinski definition) is 1. The van der Waals surface area contributed by atoms with E-state index in [9.17, 15) is 0 Å². The molecule has 3 heteroatoms. The molecule has 2 aliphatic rings. The maximum absolute atomic E-state index is 3.43. The fourth-order valence-corrected chi connectivity index (χ4v) is 2.99. The van der Waals surface area contributed by atoms with Gasteiger partial charge in [0.1, 0.15) is 0 Å². The Balaban J connectivity index is 1.97. The lowest BCUT2D eigenvalue weighted by atomic mass is 10.2. The van der Waals surface area contributed by atoms with Crippen LogP contribution in [0.3, 0.4) is 0 Å². The molecule has 0 amide bonds. The first-order valence-corrected chi connectivity index (χ1v) is 5.19. The fraction of sp³-hybridized carbons (Fsp3) is 1.00. The molecule has 2 rings (SSSR count). The van der Waals surface area contributed by atoms with Gasteiger partial charge in [0.25, 0.3) is 0 Å². The highest BCUT2D eigenvalue weighted by Crippen LogP contribution is 2.24. The van der Waals surface area contributed by atoms with Crippen molar-refractivity contribution in [2.45, 2.75) is 16.4 Å². The predicted octanol–water partition coefficient (Wildman–Crippen LogP) is 0.468. The van der Waals surface area contributed by atoms with E-state index >= 15 is 0 Å². The van der Waals surface area contributed by atoms with Crippen LogP contribution >= 0.6 is 22.6 Å². The minimum Gasteiger partial charge on any atom is -0.314 e. The summed E-state index contributed by atoms with van der Waals surface area (Å²) >= 11 is 2.57. The van der Waals surface area contributed by atoms with Gasteiger partial charge in [-0.25, -0.2) is 0 Å². The molecule has 0 bridgehead atoms. The first-order chi connectivity index (χ1) is 4.86. The summed E-state index contributed by atoms with van der Waals surface area (Å²) < 4.78 is 0.905. The van der Waals surface area contributed by atoms with Gasteiger partial charge in [0.05, 0.1) is 0 Å². The molecule has 2 saturated heterocycles. The summed E-state index contributed by atoms with van der Waals surface area (Å²) in [5.74, 6) is 0. The van der Waals surface area contributed by atoms with Crippen LogP contribution in [0.25, 0.3) is 0 Å². The van der Waals surface area contributed by atoms with Gasteiger partial charge in [-0.1, -0.05) is 22.6 Å². The summed E-state index contributed by atoms with van der Waals surface area (Å²) in [4.78, 5) is 2.62. The average molecular weight is 252 g/mol. The summed E-state index contributed by atoms with van der Waals surface area (Å²) in [7, 11) is 0.